The summed E-state index contributed by atoms with van der Waals surface area (Å²) in [5.41, 5.74) is 1.09. The Labute approximate surface area is 159 Å². The van der Waals surface area contributed by atoms with E-state index in [1.54, 1.807) is 7.05 Å². The fraction of sp³-hybridized carbons (Fsp3) is 0.412. The molecule has 0 bridgehead atoms. The van der Waals surface area contributed by atoms with Gasteiger partial charge < -0.3 is 10.6 Å². The van der Waals surface area contributed by atoms with Crippen molar-refractivity contribution in [3.63, 3.8) is 0 Å². The van der Waals surface area contributed by atoms with E-state index < -0.39 is 0 Å². The maximum absolute atomic E-state index is 4.32. The fourth-order valence-corrected chi connectivity index (χ4v) is 3.25. The minimum atomic E-state index is 0. The van der Waals surface area contributed by atoms with Crippen LogP contribution in [0.25, 0.3) is 0 Å². The van der Waals surface area contributed by atoms with Gasteiger partial charge in [0.05, 0.1) is 0 Å². The first-order valence-electron chi connectivity index (χ1n) is 7.60. The Morgan fingerprint density at radius 2 is 2.13 bits per heavy atom. The van der Waals surface area contributed by atoms with Crippen LogP contribution in [0.5, 0.6) is 0 Å². The van der Waals surface area contributed by atoms with Crippen molar-refractivity contribution in [1.82, 2.24) is 15.6 Å². The zero-order valence-corrected chi connectivity index (χ0v) is 17.0. The molecule has 2 rings (SSSR count). The van der Waals surface area contributed by atoms with Crippen LogP contribution in [0.3, 0.4) is 0 Å². The molecular weight excluding hydrogens is 419 g/mol. The SMILES string of the molecule is CN=C(NCCc1ccccn1)NC(C)Cc1ccc(C)s1.I. The standard InChI is InChI=1S/C17H24N4S.HI/c1-13(12-16-8-7-14(2)22-16)21-17(18-3)20-11-9-15-6-4-5-10-19-15;/h4-8,10,13H,9,11-12H2,1-3H3,(H2,18,20,21);1H. The van der Waals surface area contributed by atoms with Crippen molar-refractivity contribution in [3.05, 3.63) is 52.0 Å². The van der Waals surface area contributed by atoms with Gasteiger partial charge in [-0.2, -0.15) is 0 Å². The number of thiophene rings is 1. The lowest BCUT2D eigenvalue weighted by atomic mass is 10.2. The molecule has 0 amide bonds. The minimum Gasteiger partial charge on any atom is -0.356 e. The molecule has 0 radical (unpaired) electrons. The van der Waals surface area contributed by atoms with E-state index in [1.807, 2.05) is 35.7 Å². The average molecular weight is 444 g/mol. The Hall–Kier alpha value is -1.15. The molecule has 0 aromatic carbocycles. The Bertz CT molecular complexity index is 598. The van der Waals surface area contributed by atoms with Crippen LogP contribution in [-0.2, 0) is 12.8 Å². The number of guanidine groups is 1. The molecule has 0 fully saturated rings. The van der Waals surface area contributed by atoms with Crippen molar-refractivity contribution in [1.29, 1.82) is 0 Å². The van der Waals surface area contributed by atoms with E-state index in [0.29, 0.717) is 6.04 Å². The third-order valence-electron chi connectivity index (χ3n) is 3.31. The van der Waals surface area contributed by atoms with Crippen molar-refractivity contribution in [2.24, 2.45) is 4.99 Å². The maximum Gasteiger partial charge on any atom is 0.191 e. The Balaban J connectivity index is 0.00000264. The Morgan fingerprint density at radius 1 is 1.30 bits per heavy atom. The average Bonchev–Trinajstić information content (AvgIpc) is 2.92. The second kappa shape index (κ2) is 10.6. The number of hydrogen-bond acceptors (Lipinski definition) is 3. The molecule has 0 spiro atoms. The lowest BCUT2D eigenvalue weighted by Crippen LogP contribution is -2.43. The van der Waals surface area contributed by atoms with E-state index in [9.17, 15) is 0 Å². The molecule has 2 heterocycles. The molecule has 0 aliphatic rings. The third-order valence-corrected chi connectivity index (χ3v) is 4.33. The van der Waals surface area contributed by atoms with Gasteiger partial charge in [-0.1, -0.05) is 6.07 Å². The van der Waals surface area contributed by atoms with Gasteiger partial charge in [-0.15, -0.1) is 35.3 Å². The maximum atomic E-state index is 4.32. The number of nitrogens with one attached hydrogen (secondary N) is 2. The summed E-state index contributed by atoms with van der Waals surface area (Å²) in [4.78, 5) is 11.4. The van der Waals surface area contributed by atoms with Crippen molar-refractivity contribution in [2.75, 3.05) is 13.6 Å². The molecule has 0 aliphatic heterocycles. The lowest BCUT2D eigenvalue weighted by molar-refractivity contribution is 0.644. The summed E-state index contributed by atoms with van der Waals surface area (Å²) < 4.78 is 0. The summed E-state index contributed by atoms with van der Waals surface area (Å²) in [5.74, 6) is 0.844. The number of nitrogens with zero attached hydrogens (tertiary/aromatic N) is 2. The van der Waals surface area contributed by atoms with E-state index >= 15 is 0 Å². The van der Waals surface area contributed by atoms with Crippen molar-refractivity contribution >= 4 is 41.3 Å². The molecule has 6 heteroatoms. The first kappa shape index (κ1) is 19.9. The molecule has 4 nitrogen and oxygen atoms in total. The number of aromatic nitrogens is 1. The van der Waals surface area contributed by atoms with Gasteiger partial charge in [0.15, 0.2) is 5.96 Å². The van der Waals surface area contributed by atoms with Crippen LogP contribution >= 0.6 is 35.3 Å². The Kier molecular flexibility index (Phi) is 9.16. The van der Waals surface area contributed by atoms with Gasteiger partial charge in [0.25, 0.3) is 0 Å². The van der Waals surface area contributed by atoms with Crippen LogP contribution in [0, 0.1) is 6.92 Å². The van der Waals surface area contributed by atoms with Crippen LogP contribution in [0.1, 0.15) is 22.4 Å². The molecule has 1 unspecified atom stereocenters. The van der Waals surface area contributed by atoms with Gasteiger partial charge in [0, 0.05) is 54.1 Å². The minimum absolute atomic E-state index is 0. The third kappa shape index (κ3) is 7.30. The summed E-state index contributed by atoms with van der Waals surface area (Å²) in [5, 5.41) is 6.78. The summed E-state index contributed by atoms with van der Waals surface area (Å²) in [7, 11) is 1.80. The first-order chi connectivity index (χ1) is 10.7. The van der Waals surface area contributed by atoms with Gasteiger partial charge in [-0.25, -0.2) is 0 Å². The first-order valence-corrected chi connectivity index (χ1v) is 8.41. The molecule has 2 aromatic heterocycles. The second-order valence-corrected chi connectivity index (χ2v) is 6.70. The highest BCUT2D eigenvalue weighted by Crippen LogP contribution is 2.16. The van der Waals surface area contributed by atoms with Crippen molar-refractivity contribution in [3.8, 4) is 0 Å². The predicted octanol–water partition coefficient (Wildman–Crippen LogP) is 3.41. The van der Waals surface area contributed by atoms with E-state index in [-0.39, 0.29) is 24.0 Å². The molecular formula is C17H25IN4S. The van der Waals surface area contributed by atoms with Gasteiger partial charge >= 0.3 is 0 Å². The molecule has 2 aromatic rings. The van der Waals surface area contributed by atoms with Crippen LogP contribution in [0.2, 0.25) is 0 Å². The van der Waals surface area contributed by atoms with Gasteiger partial charge in [0.2, 0.25) is 0 Å². The highest BCUT2D eigenvalue weighted by molar-refractivity contribution is 14.0. The van der Waals surface area contributed by atoms with Gasteiger partial charge in [-0.3, -0.25) is 9.98 Å². The molecule has 2 N–H and O–H groups in total. The smallest absolute Gasteiger partial charge is 0.191 e. The normalized spacial score (nSPS) is 12.4. The number of halogens is 1. The molecule has 1 atom stereocenters. The number of aryl methyl sites for hydroxylation is 1. The predicted molar refractivity (Wildman–Crippen MR) is 110 cm³/mol. The van der Waals surface area contributed by atoms with Gasteiger partial charge in [0.1, 0.15) is 0 Å². The number of rotatable bonds is 6. The Morgan fingerprint density at radius 3 is 2.74 bits per heavy atom. The number of aliphatic imine (C=N–C) groups is 1. The number of hydrogen-bond donors (Lipinski definition) is 2. The highest BCUT2D eigenvalue weighted by Gasteiger charge is 2.07. The highest BCUT2D eigenvalue weighted by atomic mass is 127. The van der Waals surface area contributed by atoms with E-state index in [1.165, 1.54) is 9.75 Å². The quantitative estimate of drug-likeness (QED) is 0.408. The summed E-state index contributed by atoms with van der Waals surface area (Å²) in [6.45, 7) is 5.15. The summed E-state index contributed by atoms with van der Waals surface area (Å²) in [6, 6.07) is 10.7. The fourth-order valence-electron chi connectivity index (χ4n) is 2.23. The lowest BCUT2D eigenvalue weighted by Gasteiger charge is -2.17. The monoisotopic (exact) mass is 444 g/mol. The van der Waals surface area contributed by atoms with Crippen LogP contribution < -0.4 is 10.6 Å². The molecule has 23 heavy (non-hydrogen) atoms. The molecule has 126 valence electrons. The van der Waals surface area contributed by atoms with Crippen LogP contribution in [0.4, 0.5) is 0 Å². The van der Waals surface area contributed by atoms with Crippen LogP contribution in [-0.4, -0.2) is 30.6 Å². The second-order valence-electron chi connectivity index (χ2n) is 5.33. The topological polar surface area (TPSA) is 49.3 Å². The van der Waals surface area contributed by atoms with Crippen molar-refractivity contribution in [2.45, 2.75) is 32.7 Å². The van der Waals surface area contributed by atoms with E-state index in [4.69, 9.17) is 0 Å². The molecule has 0 saturated carbocycles. The zero-order valence-electron chi connectivity index (χ0n) is 13.9. The zero-order chi connectivity index (χ0) is 15.8. The van der Waals surface area contributed by atoms with Gasteiger partial charge in [-0.05, 0) is 38.1 Å². The summed E-state index contributed by atoms with van der Waals surface area (Å²) >= 11 is 1.86. The van der Waals surface area contributed by atoms with E-state index in [2.05, 4.69) is 46.6 Å². The van der Waals surface area contributed by atoms with Crippen molar-refractivity contribution < 1.29 is 0 Å². The largest absolute Gasteiger partial charge is 0.356 e. The summed E-state index contributed by atoms with van der Waals surface area (Å²) in [6.07, 6.45) is 3.73. The van der Waals surface area contributed by atoms with Crippen LogP contribution in [0.15, 0.2) is 41.5 Å². The molecule has 0 saturated heterocycles. The molecule has 0 aliphatic carbocycles. The van der Waals surface area contributed by atoms with E-state index in [0.717, 1.165) is 31.0 Å². The number of pyridine rings is 1.